The minimum Gasteiger partial charge on any atom is -0.324 e. The molecule has 0 unspecified atom stereocenters. The summed E-state index contributed by atoms with van der Waals surface area (Å²) in [5.74, 6) is -0.901. The molecule has 0 aromatic heterocycles. The first-order valence-electron chi connectivity index (χ1n) is 8.70. The summed E-state index contributed by atoms with van der Waals surface area (Å²) in [6.07, 6.45) is 1.29. The first-order valence-corrected chi connectivity index (χ1v) is 10.1. The molecule has 27 heavy (non-hydrogen) atoms. The lowest BCUT2D eigenvalue weighted by atomic mass is 10.0. The quantitative estimate of drug-likeness (QED) is 0.776. The van der Waals surface area contributed by atoms with Crippen molar-refractivity contribution in [2.75, 3.05) is 21.5 Å². The van der Waals surface area contributed by atoms with E-state index in [4.69, 9.17) is 0 Å². The van der Waals surface area contributed by atoms with Gasteiger partial charge in [-0.2, -0.15) is 0 Å². The third-order valence-corrected chi connectivity index (χ3v) is 6.57. The Morgan fingerprint density at radius 1 is 0.963 bits per heavy atom. The number of nitrogens with zero attached hydrogens (tertiary/aromatic N) is 1. The molecule has 7 nitrogen and oxygen atoms in total. The SMILES string of the molecule is Cc1ccc2c(c1)CCCN2S(=O)(=O)c1ccc2c(c1)NC(=O)CC(=O)N2. The molecule has 0 spiro atoms. The number of hydrogen-bond donors (Lipinski definition) is 2. The lowest BCUT2D eigenvalue weighted by Gasteiger charge is -2.31. The largest absolute Gasteiger partial charge is 0.324 e. The van der Waals surface area contributed by atoms with Gasteiger partial charge in [-0.25, -0.2) is 8.42 Å². The van der Waals surface area contributed by atoms with Crippen molar-refractivity contribution in [1.29, 1.82) is 0 Å². The average Bonchev–Trinajstić information content (AvgIpc) is 2.76. The molecule has 0 saturated heterocycles. The van der Waals surface area contributed by atoms with Crippen molar-refractivity contribution in [3.05, 3.63) is 47.5 Å². The Balaban J connectivity index is 1.76. The van der Waals surface area contributed by atoms with Crippen LogP contribution >= 0.6 is 0 Å². The highest BCUT2D eigenvalue weighted by Gasteiger charge is 2.30. The van der Waals surface area contributed by atoms with Gasteiger partial charge >= 0.3 is 0 Å². The minimum atomic E-state index is -3.80. The Kier molecular flexibility index (Phi) is 4.15. The number of amides is 2. The van der Waals surface area contributed by atoms with Crippen molar-refractivity contribution < 1.29 is 18.0 Å². The van der Waals surface area contributed by atoms with E-state index in [9.17, 15) is 18.0 Å². The number of nitrogens with one attached hydrogen (secondary N) is 2. The Labute approximate surface area is 157 Å². The number of fused-ring (bicyclic) bond motifs is 2. The summed E-state index contributed by atoms with van der Waals surface area (Å²) in [7, 11) is -3.80. The molecular formula is C19H19N3O4S. The number of benzene rings is 2. The van der Waals surface area contributed by atoms with Crippen LogP contribution in [0.5, 0.6) is 0 Å². The molecule has 0 aliphatic carbocycles. The van der Waals surface area contributed by atoms with Crippen molar-refractivity contribution in [2.45, 2.75) is 31.1 Å². The highest BCUT2D eigenvalue weighted by Crippen LogP contribution is 2.35. The molecule has 0 atom stereocenters. The smallest absolute Gasteiger partial charge is 0.264 e. The maximum atomic E-state index is 13.3. The number of anilines is 3. The predicted molar refractivity (Wildman–Crippen MR) is 102 cm³/mol. The predicted octanol–water partition coefficient (Wildman–Crippen LogP) is 2.42. The van der Waals surface area contributed by atoms with Gasteiger partial charge in [0.2, 0.25) is 11.8 Å². The van der Waals surface area contributed by atoms with E-state index >= 15 is 0 Å². The van der Waals surface area contributed by atoms with E-state index in [0.29, 0.717) is 17.9 Å². The highest BCUT2D eigenvalue weighted by atomic mass is 32.2. The van der Waals surface area contributed by atoms with Gasteiger partial charge in [-0.1, -0.05) is 17.7 Å². The van der Waals surface area contributed by atoms with E-state index < -0.39 is 21.8 Å². The summed E-state index contributed by atoms with van der Waals surface area (Å²) in [6.45, 7) is 2.38. The standard InChI is InChI=1S/C19H19N3O4S/c1-12-4-7-17-13(9-12)3-2-8-22(17)27(25,26)14-5-6-15-16(10-14)21-19(24)11-18(23)20-15/h4-7,9-10H,2-3,8,11H2,1H3,(H,20,23)(H,21,24). The van der Waals surface area contributed by atoms with E-state index in [1.165, 1.54) is 22.5 Å². The topological polar surface area (TPSA) is 95.6 Å². The van der Waals surface area contributed by atoms with Crippen LogP contribution in [0.4, 0.5) is 17.1 Å². The summed E-state index contributed by atoms with van der Waals surface area (Å²) >= 11 is 0. The second-order valence-electron chi connectivity index (χ2n) is 6.79. The minimum absolute atomic E-state index is 0.0751. The third kappa shape index (κ3) is 3.16. The van der Waals surface area contributed by atoms with Gasteiger partial charge in [0.15, 0.2) is 0 Å². The van der Waals surface area contributed by atoms with Crippen LogP contribution in [0.2, 0.25) is 0 Å². The van der Waals surface area contributed by atoms with Gasteiger partial charge in [0.05, 0.1) is 22.0 Å². The summed E-state index contributed by atoms with van der Waals surface area (Å²) in [6, 6.07) is 10.1. The maximum absolute atomic E-state index is 13.3. The van der Waals surface area contributed by atoms with Crippen LogP contribution in [0.25, 0.3) is 0 Å². The van der Waals surface area contributed by atoms with E-state index in [2.05, 4.69) is 10.6 Å². The molecule has 2 N–H and O–H groups in total. The number of aryl methyl sites for hydroxylation is 2. The van der Waals surface area contributed by atoms with Gasteiger partial charge in [0.25, 0.3) is 10.0 Å². The fourth-order valence-electron chi connectivity index (χ4n) is 3.50. The summed E-state index contributed by atoms with van der Waals surface area (Å²) in [5, 5.41) is 5.19. The molecule has 4 rings (SSSR count). The van der Waals surface area contributed by atoms with E-state index in [0.717, 1.165) is 24.0 Å². The lowest BCUT2D eigenvalue weighted by molar-refractivity contribution is -0.123. The van der Waals surface area contributed by atoms with Crippen LogP contribution in [0.15, 0.2) is 41.3 Å². The molecule has 2 aromatic carbocycles. The monoisotopic (exact) mass is 385 g/mol. The van der Waals surface area contributed by atoms with Gasteiger partial charge in [-0.3, -0.25) is 13.9 Å². The summed E-state index contributed by atoms with van der Waals surface area (Å²) in [4.78, 5) is 23.5. The fraction of sp³-hybridized carbons (Fsp3) is 0.263. The van der Waals surface area contributed by atoms with E-state index in [1.807, 2.05) is 25.1 Å². The maximum Gasteiger partial charge on any atom is 0.264 e. The number of rotatable bonds is 2. The molecule has 8 heteroatoms. The number of hydrogen-bond acceptors (Lipinski definition) is 4. The Morgan fingerprint density at radius 3 is 2.48 bits per heavy atom. The zero-order valence-corrected chi connectivity index (χ0v) is 15.6. The molecule has 0 fully saturated rings. The highest BCUT2D eigenvalue weighted by molar-refractivity contribution is 7.92. The first kappa shape index (κ1) is 17.5. The zero-order valence-electron chi connectivity index (χ0n) is 14.8. The molecule has 0 saturated carbocycles. The van der Waals surface area contributed by atoms with Gasteiger partial charge in [-0.05, 0) is 49.6 Å². The number of carbonyl (C=O) groups excluding carboxylic acids is 2. The van der Waals surface area contributed by atoms with Crippen molar-refractivity contribution in [3.63, 3.8) is 0 Å². The normalized spacial score (nSPS) is 16.7. The number of carbonyl (C=O) groups is 2. The van der Waals surface area contributed by atoms with Crippen molar-refractivity contribution >= 4 is 38.9 Å². The van der Waals surface area contributed by atoms with Crippen LogP contribution < -0.4 is 14.9 Å². The van der Waals surface area contributed by atoms with Crippen molar-refractivity contribution in [3.8, 4) is 0 Å². The van der Waals surface area contributed by atoms with Crippen LogP contribution in [0.3, 0.4) is 0 Å². The molecular weight excluding hydrogens is 366 g/mol. The lowest BCUT2D eigenvalue weighted by Crippen LogP contribution is -2.35. The molecule has 140 valence electrons. The molecule has 2 aromatic rings. The van der Waals surface area contributed by atoms with E-state index in [-0.39, 0.29) is 17.0 Å². The first-order chi connectivity index (χ1) is 12.8. The molecule has 2 amide bonds. The van der Waals surface area contributed by atoms with Gasteiger partial charge in [0, 0.05) is 6.54 Å². The molecule has 2 aliphatic rings. The Morgan fingerprint density at radius 2 is 1.70 bits per heavy atom. The average molecular weight is 385 g/mol. The molecule has 2 heterocycles. The molecule has 2 aliphatic heterocycles. The number of sulfonamides is 1. The van der Waals surface area contributed by atoms with Gasteiger partial charge in [-0.15, -0.1) is 0 Å². The van der Waals surface area contributed by atoms with Crippen LogP contribution in [0, 0.1) is 6.92 Å². The fourth-order valence-corrected chi connectivity index (χ4v) is 5.07. The molecule has 0 bridgehead atoms. The second-order valence-corrected chi connectivity index (χ2v) is 8.66. The van der Waals surface area contributed by atoms with Gasteiger partial charge < -0.3 is 10.6 Å². The van der Waals surface area contributed by atoms with E-state index in [1.54, 1.807) is 0 Å². The van der Waals surface area contributed by atoms with Crippen LogP contribution in [-0.4, -0.2) is 26.8 Å². The van der Waals surface area contributed by atoms with Crippen molar-refractivity contribution in [2.24, 2.45) is 0 Å². The van der Waals surface area contributed by atoms with Crippen LogP contribution in [-0.2, 0) is 26.0 Å². The molecule has 0 radical (unpaired) electrons. The Hall–Kier alpha value is -2.87. The van der Waals surface area contributed by atoms with Crippen molar-refractivity contribution in [1.82, 2.24) is 0 Å². The second kappa shape index (κ2) is 6.38. The summed E-state index contributed by atoms with van der Waals surface area (Å²) < 4.78 is 28.0. The van der Waals surface area contributed by atoms with Gasteiger partial charge in [0.1, 0.15) is 6.42 Å². The Bertz CT molecular complexity index is 1060. The summed E-state index contributed by atoms with van der Waals surface area (Å²) in [5.41, 5.74) is 3.48. The zero-order chi connectivity index (χ0) is 19.2. The third-order valence-electron chi connectivity index (χ3n) is 4.76. The van der Waals surface area contributed by atoms with Crippen LogP contribution in [0.1, 0.15) is 24.0 Å².